The van der Waals surface area contributed by atoms with E-state index in [-0.39, 0.29) is 11.2 Å². The van der Waals surface area contributed by atoms with E-state index in [4.69, 9.17) is 0 Å². The molecule has 0 spiro atoms. The fraction of sp³-hybridized carbons (Fsp3) is 0.444. The first-order chi connectivity index (χ1) is 11.9. The fourth-order valence-corrected chi connectivity index (χ4v) is 4.57. The highest BCUT2D eigenvalue weighted by Crippen LogP contribution is 2.24. The van der Waals surface area contributed by atoms with Crippen molar-refractivity contribution < 1.29 is 13.2 Å². The molecular formula is C18H23N3O3S. The third kappa shape index (κ3) is 3.46. The minimum atomic E-state index is -3.86. The van der Waals surface area contributed by atoms with Crippen LogP contribution in [-0.2, 0) is 21.7 Å². The molecule has 1 N–H and O–H groups in total. The molecule has 0 saturated heterocycles. The number of hydrogen-bond acceptors (Lipinski definition) is 4. The average molecular weight is 361 g/mol. The Hall–Kier alpha value is -2.15. The maximum absolute atomic E-state index is 12.9. The Bertz CT molecular complexity index is 853. The Balaban J connectivity index is 1.84. The lowest BCUT2D eigenvalue weighted by atomic mass is 10.2. The number of benzene rings is 1. The number of carbonyl (C=O) groups is 1. The fourth-order valence-electron chi connectivity index (χ4n) is 3.22. The summed E-state index contributed by atoms with van der Waals surface area (Å²) < 4.78 is 27.3. The zero-order valence-corrected chi connectivity index (χ0v) is 15.3. The summed E-state index contributed by atoms with van der Waals surface area (Å²) >= 11 is 0. The molecule has 1 aromatic heterocycles. The monoisotopic (exact) mass is 361 g/mol. The van der Waals surface area contributed by atoms with E-state index in [0.717, 1.165) is 31.2 Å². The van der Waals surface area contributed by atoms with E-state index in [0.29, 0.717) is 5.69 Å². The van der Waals surface area contributed by atoms with E-state index in [9.17, 15) is 13.2 Å². The van der Waals surface area contributed by atoms with Gasteiger partial charge < -0.3 is 9.88 Å². The quantitative estimate of drug-likeness (QED) is 0.886. The van der Waals surface area contributed by atoms with Gasteiger partial charge >= 0.3 is 0 Å². The SMILES string of the molecule is CC(C(=O)NC1CCCC1)S(=O)(=O)c1ncc(-c2ccccc2)n1C. The molecule has 1 aliphatic rings. The Morgan fingerprint density at radius 3 is 2.52 bits per heavy atom. The van der Waals surface area contributed by atoms with Crippen molar-refractivity contribution in [2.75, 3.05) is 0 Å². The first kappa shape index (κ1) is 17.7. The molecule has 1 fully saturated rings. The van der Waals surface area contributed by atoms with E-state index in [1.807, 2.05) is 30.3 Å². The largest absolute Gasteiger partial charge is 0.352 e. The van der Waals surface area contributed by atoms with Gasteiger partial charge in [0.1, 0.15) is 5.25 Å². The minimum Gasteiger partial charge on any atom is -0.352 e. The van der Waals surface area contributed by atoms with E-state index in [1.54, 1.807) is 7.05 Å². The van der Waals surface area contributed by atoms with Crippen LogP contribution >= 0.6 is 0 Å². The normalized spacial score (nSPS) is 16.7. The van der Waals surface area contributed by atoms with Crippen molar-refractivity contribution in [3.63, 3.8) is 0 Å². The number of imidazole rings is 1. The van der Waals surface area contributed by atoms with E-state index in [2.05, 4.69) is 10.3 Å². The summed E-state index contributed by atoms with van der Waals surface area (Å²) in [5.41, 5.74) is 1.57. The summed E-state index contributed by atoms with van der Waals surface area (Å²) in [6.07, 6.45) is 5.51. The van der Waals surface area contributed by atoms with E-state index in [1.165, 1.54) is 17.7 Å². The molecule has 1 aliphatic carbocycles. The molecule has 3 rings (SSSR count). The minimum absolute atomic E-state index is 0.0829. The van der Waals surface area contributed by atoms with Gasteiger partial charge in [-0.15, -0.1) is 0 Å². The van der Waals surface area contributed by atoms with Crippen molar-refractivity contribution in [3.05, 3.63) is 36.5 Å². The Morgan fingerprint density at radius 2 is 1.88 bits per heavy atom. The number of aromatic nitrogens is 2. The van der Waals surface area contributed by atoms with Crippen LogP contribution < -0.4 is 5.32 Å². The first-order valence-corrected chi connectivity index (χ1v) is 10.1. The number of nitrogens with zero attached hydrogens (tertiary/aromatic N) is 2. The molecule has 0 bridgehead atoms. The summed E-state index contributed by atoms with van der Waals surface area (Å²) in [6.45, 7) is 1.43. The molecule has 2 aromatic rings. The Kier molecular flexibility index (Phi) is 4.94. The number of amides is 1. The maximum Gasteiger partial charge on any atom is 0.238 e. The molecule has 25 heavy (non-hydrogen) atoms. The lowest BCUT2D eigenvalue weighted by Crippen LogP contribution is -2.42. The lowest BCUT2D eigenvalue weighted by molar-refractivity contribution is -0.121. The van der Waals surface area contributed by atoms with Gasteiger partial charge in [0.15, 0.2) is 0 Å². The van der Waals surface area contributed by atoms with Crippen molar-refractivity contribution in [1.82, 2.24) is 14.9 Å². The van der Waals surface area contributed by atoms with E-state index < -0.39 is 21.0 Å². The molecule has 1 heterocycles. The summed E-state index contributed by atoms with van der Waals surface area (Å²) in [5.74, 6) is -0.448. The Morgan fingerprint density at radius 1 is 1.24 bits per heavy atom. The van der Waals surface area contributed by atoms with Crippen molar-refractivity contribution >= 4 is 15.7 Å². The van der Waals surface area contributed by atoms with Gasteiger partial charge in [-0.3, -0.25) is 4.79 Å². The van der Waals surface area contributed by atoms with Crippen LogP contribution in [0.5, 0.6) is 0 Å². The third-order valence-corrected chi connectivity index (χ3v) is 6.84. The van der Waals surface area contributed by atoms with Gasteiger partial charge in [0, 0.05) is 13.1 Å². The standard InChI is InChI=1S/C18H23N3O3S/c1-13(17(22)20-15-10-6-7-11-15)25(23,24)18-19-12-16(21(18)2)14-8-4-3-5-9-14/h3-5,8-9,12-13,15H,6-7,10-11H2,1-2H3,(H,20,22). The summed E-state index contributed by atoms with van der Waals surface area (Å²) in [7, 11) is -2.20. The molecule has 134 valence electrons. The molecule has 1 unspecified atom stereocenters. The summed E-state index contributed by atoms with van der Waals surface area (Å²) in [5, 5.41) is 1.61. The van der Waals surface area contributed by atoms with Crippen LogP contribution in [-0.4, -0.2) is 35.2 Å². The molecule has 1 saturated carbocycles. The number of sulfone groups is 1. The van der Waals surface area contributed by atoms with Crippen molar-refractivity contribution in [3.8, 4) is 11.3 Å². The molecule has 7 heteroatoms. The predicted molar refractivity (Wildman–Crippen MR) is 95.7 cm³/mol. The van der Waals surface area contributed by atoms with Gasteiger partial charge in [-0.25, -0.2) is 13.4 Å². The molecule has 1 atom stereocenters. The van der Waals surface area contributed by atoms with Crippen LogP contribution in [0.1, 0.15) is 32.6 Å². The van der Waals surface area contributed by atoms with Gasteiger partial charge in [0.25, 0.3) is 0 Å². The van der Waals surface area contributed by atoms with Crippen molar-refractivity contribution in [2.24, 2.45) is 7.05 Å². The average Bonchev–Trinajstić information content (AvgIpc) is 3.24. The summed E-state index contributed by atoms with van der Waals surface area (Å²) in [6, 6.07) is 9.54. The highest BCUT2D eigenvalue weighted by molar-refractivity contribution is 7.92. The second-order valence-electron chi connectivity index (χ2n) is 6.53. The molecule has 0 radical (unpaired) electrons. The summed E-state index contributed by atoms with van der Waals surface area (Å²) in [4.78, 5) is 16.5. The number of nitrogens with one attached hydrogen (secondary N) is 1. The molecular weight excluding hydrogens is 338 g/mol. The van der Waals surface area contributed by atoms with Crippen molar-refractivity contribution in [2.45, 2.75) is 49.1 Å². The van der Waals surface area contributed by atoms with Crippen LogP contribution in [0.25, 0.3) is 11.3 Å². The first-order valence-electron chi connectivity index (χ1n) is 8.52. The lowest BCUT2D eigenvalue weighted by Gasteiger charge is -2.17. The van der Waals surface area contributed by atoms with Crippen molar-refractivity contribution in [1.29, 1.82) is 0 Å². The highest BCUT2D eigenvalue weighted by atomic mass is 32.2. The van der Waals surface area contributed by atoms with Gasteiger partial charge in [-0.1, -0.05) is 43.2 Å². The third-order valence-electron chi connectivity index (χ3n) is 4.81. The van der Waals surface area contributed by atoms with Gasteiger partial charge in [-0.05, 0) is 25.3 Å². The predicted octanol–water partition coefficient (Wildman–Crippen LogP) is 2.31. The zero-order valence-electron chi connectivity index (χ0n) is 14.5. The van der Waals surface area contributed by atoms with Crippen LogP contribution in [0.2, 0.25) is 0 Å². The van der Waals surface area contributed by atoms with Crippen LogP contribution in [0.4, 0.5) is 0 Å². The van der Waals surface area contributed by atoms with Crippen LogP contribution in [0.15, 0.2) is 41.7 Å². The number of rotatable bonds is 5. The molecule has 6 nitrogen and oxygen atoms in total. The van der Waals surface area contributed by atoms with E-state index >= 15 is 0 Å². The zero-order chi connectivity index (χ0) is 18.0. The number of carbonyl (C=O) groups excluding carboxylic acids is 1. The molecule has 1 amide bonds. The second-order valence-corrected chi connectivity index (χ2v) is 8.69. The highest BCUT2D eigenvalue weighted by Gasteiger charge is 2.35. The van der Waals surface area contributed by atoms with Gasteiger partial charge in [-0.2, -0.15) is 0 Å². The second kappa shape index (κ2) is 7.00. The maximum atomic E-state index is 12.9. The van der Waals surface area contributed by atoms with Gasteiger partial charge in [0.05, 0.1) is 11.9 Å². The topological polar surface area (TPSA) is 81.1 Å². The molecule has 0 aliphatic heterocycles. The van der Waals surface area contributed by atoms with Crippen LogP contribution in [0.3, 0.4) is 0 Å². The molecule has 1 aromatic carbocycles. The van der Waals surface area contributed by atoms with Crippen LogP contribution in [0, 0.1) is 0 Å². The Labute approximate surface area is 148 Å². The smallest absolute Gasteiger partial charge is 0.238 e. The van der Waals surface area contributed by atoms with Gasteiger partial charge in [0.2, 0.25) is 20.9 Å². The number of hydrogen-bond donors (Lipinski definition) is 1.